The Balaban J connectivity index is 1.98. The molecule has 0 spiro atoms. The highest BCUT2D eigenvalue weighted by atomic mass is 35.5. The van der Waals surface area contributed by atoms with Crippen LogP contribution in [0, 0.1) is 0 Å². The predicted molar refractivity (Wildman–Crippen MR) is 90.1 cm³/mol. The fourth-order valence-corrected chi connectivity index (χ4v) is 3.02. The minimum Gasteiger partial charge on any atom is -0.355 e. The number of aromatic nitrogens is 1. The van der Waals surface area contributed by atoms with Gasteiger partial charge in [-0.05, 0) is 38.6 Å². The van der Waals surface area contributed by atoms with Crippen LogP contribution in [-0.4, -0.2) is 49.2 Å². The lowest BCUT2D eigenvalue weighted by atomic mass is 10.0. The number of hydrogen-bond donors (Lipinski definition) is 1. The number of hydrogen-bond acceptors (Lipinski definition) is 4. The molecule has 0 radical (unpaired) electrons. The average Bonchev–Trinajstić information content (AvgIpc) is 2.45. The van der Waals surface area contributed by atoms with Crippen LogP contribution in [-0.2, 0) is 6.54 Å². The first-order chi connectivity index (χ1) is 9.97. The van der Waals surface area contributed by atoms with Crippen molar-refractivity contribution in [2.45, 2.75) is 45.3 Å². The summed E-state index contributed by atoms with van der Waals surface area (Å²) in [6, 6.07) is 3.18. The largest absolute Gasteiger partial charge is 0.355 e. The molecule has 118 valence electrons. The third-order valence-corrected chi connectivity index (χ3v) is 4.37. The SMILES string of the molecule is CC(C)NCc1cnc(N2CCC(N(C)C)CC2)c(Cl)c1. The number of pyridine rings is 1. The molecule has 1 aromatic rings. The standard InChI is InChI=1S/C16H27ClN4/c1-12(2)18-10-13-9-15(17)16(19-11-13)21-7-5-14(6-8-21)20(3)4/h9,11-12,14,18H,5-8,10H2,1-4H3. The Kier molecular flexibility index (Phi) is 5.85. The zero-order valence-corrected chi connectivity index (χ0v) is 14.3. The molecule has 21 heavy (non-hydrogen) atoms. The topological polar surface area (TPSA) is 31.4 Å². The number of halogens is 1. The second-order valence-electron chi connectivity index (χ2n) is 6.37. The number of rotatable bonds is 5. The van der Waals surface area contributed by atoms with E-state index in [1.165, 1.54) is 12.8 Å². The number of piperidine rings is 1. The van der Waals surface area contributed by atoms with Crippen LogP contribution in [0.2, 0.25) is 5.02 Å². The summed E-state index contributed by atoms with van der Waals surface area (Å²) in [5.41, 5.74) is 1.14. The third kappa shape index (κ3) is 4.56. The summed E-state index contributed by atoms with van der Waals surface area (Å²) in [6.45, 7) is 7.14. The molecular formula is C16H27ClN4. The maximum Gasteiger partial charge on any atom is 0.147 e. The molecule has 4 nitrogen and oxygen atoms in total. The highest BCUT2D eigenvalue weighted by Crippen LogP contribution is 2.27. The van der Waals surface area contributed by atoms with E-state index in [9.17, 15) is 0 Å². The monoisotopic (exact) mass is 310 g/mol. The number of nitrogens with one attached hydrogen (secondary N) is 1. The minimum absolute atomic E-state index is 0.466. The lowest BCUT2D eigenvalue weighted by Gasteiger charge is -2.36. The van der Waals surface area contributed by atoms with Crippen molar-refractivity contribution in [3.63, 3.8) is 0 Å². The Hall–Kier alpha value is -0.840. The van der Waals surface area contributed by atoms with Crippen molar-refractivity contribution in [3.05, 3.63) is 22.8 Å². The van der Waals surface area contributed by atoms with E-state index in [0.717, 1.165) is 36.0 Å². The molecule has 0 aromatic carbocycles. The zero-order chi connectivity index (χ0) is 15.4. The Morgan fingerprint density at radius 2 is 2.05 bits per heavy atom. The maximum atomic E-state index is 6.43. The smallest absolute Gasteiger partial charge is 0.147 e. The van der Waals surface area contributed by atoms with Crippen LogP contribution in [0.4, 0.5) is 5.82 Å². The van der Waals surface area contributed by atoms with E-state index in [4.69, 9.17) is 11.6 Å². The van der Waals surface area contributed by atoms with Crippen LogP contribution in [0.25, 0.3) is 0 Å². The molecule has 0 saturated carbocycles. The Bertz CT molecular complexity index is 454. The second kappa shape index (κ2) is 7.43. The summed E-state index contributed by atoms with van der Waals surface area (Å²) in [5, 5.41) is 4.15. The first-order valence-electron chi connectivity index (χ1n) is 7.76. The van der Waals surface area contributed by atoms with E-state index < -0.39 is 0 Å². The summed E-state index contributed by atoms with van der Waals surface area (Å²) in [5.74, 6) is 0.933. The molecule has 0 aliphatic carbocycles. The van der Waals surface area contributed by atoms with Gasteiger partial charge in [-0.1, -0.05) is 25.4 Å². The molecule has 0 unspecified atom stereocenters. The van der Waals surface area contributed by atoms with Gasteiger partial charge in [0.05, 0.1) is 5.02 Å². The quantitative estimate of drug-likeness (QED) is 0.906. The van der Waals surface area contributed by atoms with Gasteiger partial charge in [0.25, 0.3) is 0 Å². The van der Waals surface area contributed by atoms with Crippen molar-refractivity contribution < 1.29 is 0 Å². The van der Waals surface area contributed by atoms with Gasteiger partial charge in [0.1, 0.15) is 5.82 Å². The van der Waals surface area contributed by atoms with Crippen molar-refractivity contribution in [2.24, 2.45) is 0 Å². The highest BCUT2D eigenvalue weighted by Gasteiger charge is 2.22. The van der Waals surface area contributed by atoms with Gasteiger partial charge < -0.3 is 15.1 Å². The van der Waals surface area contributed by atoms with E-state index >= 15 is 0 Å². The van der Waals surface area contributed by atoms with Crippen LogP contribution in [0.1, 0.15) is 32.3 Å². The molecular weight excluding hydrogens is 284 g/mol. The Morgan fingerprint density at radius 1 is 1.38 bits per heavy atom. The zero-order valence-electron chi connectivity index (χ0n) is 13.6. The van der Waals surface area contributed by atoms with E-state index in [1.54, 1.807) is 0 Å². The lowest BCUT2D eigenvalue weighted by molar-refractivity contribution is 0.249. The van der Waals surface area contributed by atoms with Crippen molar-refractivity contribution in [1.82, 2.24) is 15.2 Å². The second-order valence-corrected chi connectivity index (χ2v) is 6.77. The molecule has 1 aliphatic rings. The van der Waals surface area contributed by atoms with Gasteiger partial charge in [-0.15, -0.1) is 0 Å². The summed E-state index contributed by atoms with van der Waals surface area (Å²) in [4.78, 5) is 9.21. The summed E-state index contributed by atoms with van der Waals surface area (Å²) < 4.78 is 0. The van der Waals surface area contributed by atoms with E-state index in [-0.39, 0.29) is 0 Å². The molecule has 1 N–H and O–H groups in total. The average molecular weight is 311 g/mol. The van der Waals surface area contributed by atoms with Gasteiger partial charge in [0.15, 0.2) is 0 Å². The van der Waals surface area contributed by atoms with Gasteiger partial charge in [-0.3, -0.25) is 0 Å². The van der Waals surface area contributed by atoms with Crippen LogP contribution >= 0.6 is 11.6 Å². The van der Waals surface area contributed by atoms with Gasteiger partial charge in [-0.2, -0.15) is 0 Å². The van der Waals surface area contributed by atoms with Crippen molar-refractivity contribution >= 4 is 17.4 Å². The van der Waals surface area contributed by atoms with Gasteiger partial charge in [0, 0.05) is 37.9 Å². The molecule has 0 atom stereocenters. The van der Waals surface area contributed by atoms with Crippen LogP contribution < -0.4 is 10.2 Å². The van der Waals surface area contributed by atoms with Crippen LogP contribution in [0.15, 0.2) is 12.3 Å². The highest BCUT2D eigenvalue weighted by molar-refractivity contribution is 6.33. The Labute approximate surface area is 133 Å². The number of nitrogens with zero attached hydrogens (tertiary/aromatic N) is 3. The van der Waals surface area contributed by atoms with Crippen LogP contribution in [0.3, 0.4) is 0 Å². The van der Waals surface area contributed by atoms with Crippen molar-refractivity contribution in [1.29, 1.82) is 0 Å². The summed E-state index contributed by atoms with van der Waals surface area (Å²) in [6.07, 6.45) is 4.28. The fraction of sp³-hybridized carbons (Fsp3) is 0.688. The van der Waals surface area contributed by atoms with E-state index in [0.29, 0.717) is 12.1 Å². The van der Waals surface area contributed by atoms with E-state index in [2.05, 4.69) is 48.0 Å². The third-order valence-electron chi connectivity index (χ3n) is 4.09. The predicted octanol–water partition coefficient (Wildman–Crippen LogP) is 2.76. The fourth-order valence-electron chi connectivity index (χ4n) is 2.72. The maximum absolute atomic E-state index is 6.43. The Morgan fingerprint density at radius 3 is 2.57 bits per heavy atom. The van der Waals surface area contributed by atoms with Crippen molar-refractivity contribution in [2.75, 3.05) is 32.1 Å². The van der Waals surface area contributed by atoms with Gasteiger partial charge in [0.2, 0.25) is 0 Å². The molecule has 1 saturated heterocycles. The molecule has 5 heteroatoms. The lowest BCUT2D eigenvalue weighted by Crippen LogP contribution is -2.42. The minimum atomic E-state index is 0.466. The summed E-state index contributed by atoms with van der Waals surface area (Å²) >= 11 is 6.43. The van der Waals surface area contributed by atoms with Gasteiger partial charge >= 0.3 is 0 Å². The first kappa shape index (κ1) is 16.5. The molecule has 2 heterocycles. The van der Waals surface area contributed by atoms with E-state index in [1.807, 2.05) is 12.3 Å². The molecule has 1 fully saturated rings. The number of anilines is 1. The molecule has 2 rings (SSSR count). The normalized spacial score (nSPS) is 17.0. The molecule has 1 aliphatic heterocycles. The molecule has 1 aromatic heterocycles. The van der Waals surface area contributed by atoms with Gasteiger partial charge in [-0.25, -0.2) is 4.98 Å². The molecule has 0 bridgehead atoms. The molecule has 0 amide bonds. The van der Waals surface area contributed by atoms with Crippen LogP contribution in [0.5, 0.6) is 0 Å². The summed E-state index contributed by atoms with van der Waals surface area (Å²) in [7, 11) is 4.31. The van der Waals surface area contributed by atoms with Crippen molar-refractivity contribution in [3.8, 4) is 0 Å². The first-order valence-corrected chi connectivity index (χ1v) is 8.14.